The zero-order chi connectivity index (χ0) is 25.2. The van der Waals surface area contributed by atoms with Gasteiger partial charge in [-0.05, 0) is 41.7 Å². The number of rotatable bonds is 11. The van der Waals surface area contributed by atoms with Crippen molar-refractivity contribution in [1.29, 1.82) is 0 Å². The highest BCUT2D eigenvalue weighted by atomic mass is 79.9. The Balaban J connectivity index is 1.56. The van der Waals surface area contributed by atoms with Crippen LogP contribution in [0.1, 0.15) is 42.4 Å². The Bertz CT molecular complexity index is 1120. The predicted octanol–water partition coefficient (Wildman–Crippen LogP) is 6.38. The molecule has 3 aromatic carbocycles. The average molecular weight is 566 g/mol. The third-order valence-corrected chi connectivity index (χ3v) is 8.03. The Hall–Kier alpha value is -2.57. The van der Waals surface area contributed by atoms with Crippen molar-refractivity contribution in [2.75, 3.05) is 5.75 Å². The zero-order valence-corrected chi connectivity index (χ0v) is 22.8. The molecule has 0 unspecified atom stereocenters. The summed E-state index contributed by atoms with van der Waals surface area (Å²) in [7, 11) is 0. The Labute approximate surface area is 227 Å². The summed E-state index contributed by atoms with van der Waals surface area (Å²) in [4.78, 5) is 29.2. The van der Waals surface area contributed by atoms with Crippen LogP contribution in [0.25, 0.3) is 0 Å². The van der Waals surface area contributed by atoms with Crippen LogP contribution in [0.2, 0.25) is 0 Å². The van der Waals surface area contributed by atoms with E-state index in [4.69, 9.17) is 0 Å². The fraction of sp³-hybridized carbons (Fsp3) is 0.333. The Morgan fingerprint density at radius 2 is 1.53 bits per heavy atom. The first-order valence-corrected chi connectivity index (χ1v) is 14.5. The van der Waals surface area contributed by atoms with Crippen LogP contribution in [0.3, 0.4) is 0 Å². The number of nitrogens with one attached hydrogen (secondary N) is 1. The summed E-state index contributed by atoms with van der Waals surface area (Å²) in [5.41, 5.74) is 3.24. The minimum absolute atomic E-state index is 0.0154. The van der Waals surface area contributed by atoms with E-state index >= 15 is 0 Å². The van der Waals surface area contributed by atoms with Crippen molar-refractivity contribution in [3.05, 3.63) is 106 Å². The van der Waals surface area contributed by atoms with E-state index < -0.39 is 6.04 Å². The van der Waals surface area contributed by atoms with Crippen LogP contribution in [-0.2, 0) is 28.3 Å². The van der Waals surface area contributed by atoms with Crippen molar-refractivity contribution in [1.82, 2.24) is 10.2 Å². The van der Waals surface area contributed by atoms with Crippen molar-refractivity contribution >= 4 is 39.5 Å². The molecule has 0 heterocycles. The lowest BCUT2D eigenvalue weighted by atomic mass is 10.0. The highest BCUT2D eigenvalue weighted by molar-refractivity contribution is 9.10. The standard InChI is InChI=1S/C30H33BrN2O2S/c31-26-15-9-14-25(18-26)20-33(29(34)22-36-21-24-12-5-2-6-13-24)28(19-23-10-3-1-4-11-23)30(35)32-27-16-7-8-17-27/h1-6,9-15,18,27-28H,7-8,16-17,19-22H2,(H,32,35)/t28-/m1/s1. The number of thioether (sulfide) groups is 1. The number of carbonyl (C=O) groups excluding carboxylic acids is 2. The van der Waals surface area contributed by atoms with Crippen molar-refractivity contribution in [3.8, 4) is 0 Å². The molecular weight excluding hydrogens is 532 g/mol. The topological polar surface area (TPSA) is 49.4 Å². The average Bonchev–Trinajstić information content (AvgIpc) is 3.40. The SMILES string of the molecule is O=C(NC1CCCC1)[C@@H](Cc1ccccc1)N(Cc1cccc(Br)c1)C(=O)CSCc1ccccc1. The number of halogens is 1. The first-order chi connectivity index (χ1) is 17.6. The molecule has 1 aliphatic carbocycles. The number of hydrogen-bond acceptors (Lipinski definition) is 3. The maximum Gasteiger partial charge on any atom is 0.243 e. The van der Waals surface area contributed by atoms with Gasteiger partial charge < -0.3 is 10.2 Å². The largest absolute Gasteiger partial charge is 0.352 e. The van der Waals surface area contributed by atoms with E-state index in [1.165, 1.54) is 5.56 Å². The molecule has 0 saturated heterocycles. The van der Waals surface area contributed by atoms with Gasteiger partial charge in [-0.15, -0.1) is 11.8 Å². The molecule has 0 bridgehead atoms. The van der Waals surface area contributed by atoms with E-state index in [1.807, 2.05) is 72.8 Å². The molecular formula is C30H33BrN2O2S. The number of carbonyl (C=O) groups is 2. The maximum absolute atomic E-state index is 13.7. The Morgan fingerprint density at radius 1 is 0.889 bits per heavy atom. The molecule has 1 aliphatic rings. The summed E-state index contributed by atoms with van der Waals surface area (Å²) in [6.45, 7) is 0.389. The smallest absolute Gasteiger partial charge is 0.243 e. The summed E-state index contributed by atoms with van der Waals surface area (Å²) in [6, 6.07) is 27.8. The van der Waals surface area contributed by atoms with Gasteiger partial charge in [-0.25, -0.2) is 0 Å². The van der Waals surface area contributed by atoms with Crippen LogP contribution in [0.5, 0.6) is 0 Å². The molecule has 1 atom stereocenters. The van der Waals surface area contributed by atoms with Crippen LogP contribution in [0, 0.1) is 0 Å². The van der Waals surface area contributed by atoms with Crippen LogP contribution >= 0.6 is 27.7 Å². The molecule has 188 valence electrons. The van der Waals surface area contributed by atoms with Gasteiger partial charge in [0, 0.05) is 29.2 Å². The molecule has 3 aromatic rings. The first kappa shape index (κ1) is 26.5. The minimum Gasteiger partial charge on any atom is -0.352 e. The lowest BCUT2D eigenvalue weighted by molar-refractivity contribution is -0.139. The molecule has 0 radical (unpaired) electrons. The molecule has 1 fully saturated rings. The quantitative estimate of drug-likeness (QED) is 0.294. The van der Waals surface area contributed by atoms with E-state index in [9.17, 15) is 9.59 Å². The lowest BCUT2D eigenvalue weighted by Gasteiger charge is -2.32. The van der Waals surface area contributed by atoms with Gasteiger partial charge in [-0.3, -0.25) is 9.59 Å². The summed E-state index contributed by atoms with van der Waals surface area (Å²) >= 11 is 5.14. The fourth-order valence-corrected chi connectivity index (χ4v) is 5.98. The van der Waals surface area contributed by atoms with E-state index in [2.05, 4.69) is 33.4 Å². The maximum atomic E-state index is 13.7. The highest BCUT2D eigenvalue weighted by Crippen LogP contribution is 2.22. The van der Waals surface area contributed by atoms with Gasteiger partial charge in [0.05, 0.1) is 5.75 Å². The molecule has 2 amide bonds. The van der Waals surface area contributed by atoms with Gasteiger partial charge in [0.1, 0.15) is 6.04 Å². The van der Waals surface area contributed by atoms with Gasteiger partial charge in [-0.1, -0.05) is 102 Å². The molecule has 36 heavy (non-hydrogen) atoms. The number of nitrogens with zero attached hydrogens (tertiary/aromatic N) is 1. The van der Waals surface area contributed by atoms with Gasteiger partial charge >= 0.3 is 0 Å². The molecule has 4 rings (SSSR count). The summed E-state index contributed by atoms with van der Waals surface area (Å²) in [5, 5.41) is 3.26. The third-order valence-electron chi connectivity index (χ3n) is 6.55. The van der Waals surface area contributed by atoms with Crippen molar-refractivity contribution in [2.45, 2.75) is 56.5 Å². The Kier molecular flexibility index (Phi) is 10.1. The Morgan fingerprint density at radius 3 is 2.19 bits per heavy atom. The molecule has 1 saturated carbocycles. The number of hydrogen-bond donors (Lipinski definition) is 1. The molecule has 1 N–H and O–H groups in total. The van der Waals surface area contributed by atoms with Crippen molar-refractivity contribution in [2.24, 2.45) is 0 Å². The molecule has 0 aromatic heterocycles. The summed E-state index contributed by atoms with van der Waals surface area (Å²) in [6.07, 6.45) is 4.80. The second-order valence-electron chi connectivity index (χ2n) is 9.33. The van der Waals surface area contributed by atoms with Gasteiger partial charge in [-0.2, -0.15) is 0 Å². The minimum atomic E-state index is -0.572. The normalized spacial score (nSPS) is 14.4. The molecule has 0 spiro atoms. The van der Waals surface area contributed by atoms with E-state index in [0.717, 1.165) is 47.0 Å². The first-order valence-electron chi connectivity index (χ1n) is 12.6. The van der Waals surface area contributed by atoms with Gasteiger partial charge in [0.25, 0.3) is 0 Å². The molecule has 0 aliphatic heterocycles. The second kappa shape index (κ2) is 13.7. The van der Waals surface area contributed by atoms with Gasteiger partial charge in [0.15, 0.2) is 0 Å². The number of amides is 2. The van der Waals surface area contributed by atoms with E-state index in [-0.39, 0.29) is 17.9 Å². The second-order valence-corrected chi connectivity index (χ2v) is 11.2. The monoisotopic (exact) mass is 564 g/mol. The summed E-state index contributed by atoms with van der Waals surface area (Å²) in [5.74, 6) is 1.01. The van der Waals surface area contributed by atoms with Crippen LogP contribution in [-0.4, -0.2) is 34.6 Å². The van der Waals surface area contributed by atoms with Crippen LogP contribution in [0.4, 0.5) is 0 Å². The van der Waals surface area contributed by atoms with Crippen LogP contribution in [0.15, 0.2) is 89.4 Å². The van der Waals surface area contributed by atoms with Gasteiger partial charge in [0.2, 0.25) is 11.8 Å². The molecule has 6 heteroatoms. The predicted molar refractivity (Wildman–Crippen MR) is 152 cm³/mol. The van der Waals surface area contributed by atoms with Crippen molar-refractivity contribution in [3.63, 3.8) is 0 Å². The van der Waals surface area contributed by atoms with E-state index in [1.54, 1.807) is 16.7 Å². The number of benzene rings is 3. The van der Waals surface area contributed by atoms with E-state index in [0.29, 0.717) is 18.7 Å². The summed E-state index contributed by atoms with van der Waals surface area (Å²) < 4.78 is 0.959. The highest BCUT2D eigenvalue weighted by Gasteiger charge is 2.32. The lowest BCUT2D eigenvalue weighted by Crippen LogP contribution is -2.52. The third kappa shape index (κ3) is 7.97. The zero-order valence-electron chi connectivity index (χ0n) is 20.4. The van der Waals surface area contributed by atoms with Crippen molar-refractivity contribution < 1.29 is 9.59 Å². The van der Waals surface area contributed by atoms with Crippen LogP contribution < -0.4 is 5.32 Å². The fourth-order valence-electron chi connectivity index (χ4n) is 4.67. The molecule has 4 nitrogen and oxygen atoms in total.